The van der Waals surface area contributed by atoms with E-state index in [0.29, 0.717) is 31.4 Å². The lowest BCUT2D eigenvalue weighted by Gasteiger charge is -2.31. The van der Waals surface area contributed by atoms with Gasteiger partial charge in [0, 0.05) is 37.5 Å². The molecule has 8 heteroatoms. The topological polar surface area (TPSA) is 59.5 Å². The van der Waals surface area contributed by atoms with Gasteiger partial charge in [0.15, 0.2) is 0 Å². The van der Waals surface area contributed by atoms with E-state index in [2.05, 4.69) is 4.98 Å². The number of sulfonamides is 1. The lowest BCUT2D eigenvalue weighted by Crippen LogP contribution is -2.41. The molecule has 1 aromatic carbocycles. The molecule has 1 aliphatic heterocycles. The zero-order chi connectivity index (χ0) is 17.9. The standard InChI is InChI=1S/C17H18F2N2O3S/c18-14-8-15(19)10-17(9-14)25(22,23)21-7-1-2-13(11-21)12-24-16-3-5-20-6-4-16/h3-6,8-10,13H,1-2,7,11-12H2/t13-/m1/s1. The van der Waals surface area contributed by atoms with E-state index in [1.807, 2.05) is 0 Å². The molecule has 0 radical (unpaired) electrons. The van der Waals surface area contributed by atoms with Crippen molar-refractivity contribution in [1.82, 2.24) is 9.29 Å². The van der Waals surface area contributed by atoms with Crippen LogP contribution < -0.4 is 4.74 Å². The Labute approximate surface area is 145 Å². The second-order valence-electron chi connectivity index (χ2n) is 5.97. The molecular formula is C17H18F2N2O3S. The van der Waals surface area contributed by atoms with Crippen molar-refractivity contribution in [3.05, 3.63) is 54.4 Å². The molecule has 25 heavy (non-hydrogen) atoms. The number of halogens is 2. The average Bonchev–Trinajstić information content (AvgIpc) is 2.60. The van der Waals surface area contributed by atoms with Gasteiger partial charge in [0.2, 0.25) is 10.0 Å². The fourth-order valence-electron chi connectivity index (χ4n) is 2.86. The van der Waals surface area contributed by atoms with Gasteiger partial charge in [0.1, 0.15) is 17.4 Å². The van der Waals surface area contributed by atoms with Gasteiger partial charge in [0.05, 0.1) is 11.5 Å². The minimum Gasteiger partial charge on any atom is -0.493 e. The van der Waals surface area contributed by atoms with Crippen LogP contribution in [0.3, 0.4) is 0 Å². The third kappa shape index (κ3) is 4.32. The quantitative estimate of drug-likeness (QED) is 0.814. The van der Waals surface area contributed by atoms with Crippen LogP contribution in [0.5, 0.6) is 5.75 Å². The molecule has 2 heterocycles. The van der Waals surface area contributed by atoms with Crippen molar-refractivity contribution in [2.75, 3.05) is 19.7 Å². The van der Waals surface area contributed by atoms with E-state index in [4.69, 9.17) is 4.74 Å². The summed E-state index contributed by atoms with van der Waals surface area (Å²) in [4.78, 5) is 3.54. The van der Waals surface area contributed by atoms with Crippen LogP contribution in [0, 0.1) is 17.6 Å². The van der Waals surface area contributed by atoms with Crippen molar-refractivity contribution in [2.24, 2.45) is 5.92 Å². The molecule has 1 saturated heterocycles. The number of hydrogen-bond acceptors (Lipinski definition) is 4. The molecule has 5 nitrogen and oxygen atoms in total. The monoisotopic (exact) mass is 368 g/mol. The van der Waals surface area contributed by atoms with Crippen molar-refractivity contribution < 1.29 is 21.9 Å². The lowest BCUT2D eigenvalue weighted by molar-refractivity contribution is 0.180. The third-order valence-electron chi connectivity index (χ3n) is 4.09. The number of piperidine rings is 1. The molecule has 3 rings (SSSR count). The molecule has 0 saturated carbocycles. The zero-order valence-electron chi connectivity index (χ0n) is 13.4. The highest BCUT2D eigenvalue weighted by atomic mass is 32.2. The van der Waals surface area contributed by atoms with Gasteiger partial charge in [-0.25, -0.2) is 17.2 Å². The number of ether oxygens (including phenoxy) is 1. The maximum atomic E-state index is 13.4. The summed E-state index contributed by atoms with van der Waals surface area (Å²) >= 11 is 0. The number of benzene rings is 1. The average molecular weight is 368 g/mol. The summed E-state index contributed by atoms with van der Waals surface area (Å²) in [7, 11) is -3.94. The van der Waals surface area contributed by atoms with Crippen LogP contribution >= 0.6 is 0 Å². The normalized spacial score (nSPS) is 18.9. The maximum Gasteiger partial charge on any atom is 0.243 e. The lowest BCUT2D eigenvalue weighted by atomic mass is 10.0. The molecule has 1 atom stereocenters. The van der Waals surface area contributed by atoms with Crippen molar-refractivity contribution in [2.45, 2.75) is 17.7 Å². The molecule has 1 aliphatic rings. The molecule has 1 fully saturated rings. The molecule has 134 valence electrons. The highest BCUT2D eigenvalue weighted by Crippen LogP contribution is 2.25. The Balaban J connectivity index is 1.69. The Morgan fingerprint density at radius 1 is 1.16 bits per heavy atom. The predicted molar refractivity (Wildman–Crippen MR) is 87.6 cm³/mol. The predicted octanol–water partition coefficient (Wildman–Crippen LogP) is 2.84. The molecule has 0 amide bonds. The Morgan fingerprint density at radius 2 is 1.84 bits per heavy atom. The summed E-state index contributed by atoms with van der Waals surface area (Å²) in [6, 6.07) is 5.80. The summed E-state index contributed by atoms with van der Waals surface area (Å²) < 4.78 is 59.0. The number of hydrogen-bond donors (Lipinski definition) is 0. The fourth-order valence-corrected chi connectivity index (χ4v) is 4.45. The van der Waals surface area contributed by atoms with Gasteiger partial charge in [-0.15, -0.1) is 0 Å². The van der Waals surface area contributed by atoms with E-state index in [0.717, 1.165) is 18.6 Å². The molecule has 0 spiro atoms. The Kier molecular flexibility index (Phi) is 5.29. The number of nitrogens with zero attached hydrogens (tertiary/aromatic N) is 2. The van der Waals surface area contributed by atoms with E-state index in [9.17, 15) is 17.2 Å². The first kappa shape index (κ1) is 17.8. The summed E-state index contributed by atoms with van der Waals surface area (Å²) in [5.41, 5.74) is 0. The molecule has 0 N–H and O–H groups in total. The largest absolute Gasteiger partial charge is 0.493 e. The van der Waals surface area contributed by atoms with E-state index in [1.165, 1.54) is 4.31 Å². The minimum atomic E-state index is -3.94. The number of pyridine rings is 1. The van der Waals surface area contributed by atoms with Crippen LogP contribution in [-0.4, -0.2) is 37.4 Å². The fraction of sp³-hybridized carbons (Fsp3) is 0.353. The van der Waals surface area contributed by atoms with Gasteiger partial charge in [-0.3, -0.25) is 4.98 Å². The Bertz CT molecular complexity index is 811. The van der Waals surface area contributed by atoms with Gasteiger partial charge in [0.25, 0.3) is 0 Å². The molecule has 0 unspecified atom stereocenters. The smallest absolute Gasteiger partial charge is 0.243 e. The summed E-state index contributed by atoms with van der Waals surface area (Å²) in [5, 5.41) is 0. The molecular weight excluding hydrogens is 350 g/mol. The second-order valence-corrected chi connectivity index (χ2v) is 7.91. The molecule has 0 bridgehead atoms. The first-order valence-electron chi connectivity index (χ1n) is 7.94. The summed E-state index contributed by atoms with van der Waals surface area (Å²) in [6.07, 6.45) is 4.73. The van der Waals surface area contributed by atoms with Crippen molar-refractivity contribution in [3.63, 3.8) is 0 Å². The first-order valence-corrected chi connectivity index (χ1v) is 9.38. The number of aromatic nitrogens is 1. The minimum absolute atomic E-state index is 0.00935. The van der Waals surface area contributed by atoms with E-state index >= 15 is 0 Å². The maximum absolute atomic E-state index is 13.4. The summed E-state index contributed by atoms with van der Waals surface area (Å²) in [6.45, 7) is 0.950. The summed E-state index contributed by atoms with van der Waals surface area (Å²) in [5.74, 6) is -1.14. The van der Waals surface area contributed by atoms with Gasteiger partial charge in [-0.2, -0.15) is 4.31 Å². The van der Waals surface area contributed by atoms with E-state index < -0.39 is 21.7 Å². The van der Waals surface area contributed by atoms with E-state index in [-0.39, 0.29) is 17.4 Å². The van der Waals surface area contributed by atoms with Crippen molar-refractivity contribution >= 4 is 10.0 Å². The van der Waals surface area contributed by atoms with Gasteiger partial charge in [-0.05, 0) is 37.1 Å². The molecule has 0 aliphatic carbocycles. The van der Waals surface area contributed by atoms with Crippen LogP contribution in [0.4, 0.5) is 8.78 Å². The first-order chi connectivity index (χ1) is 11.9. The van der Waals surface area contributed by atoms with Crippen LogP contribution in [-0.2, 0) is 10.0 Å². The molecule has 2 aromatic rings. The van der Waals surface area contributed by atoms with Gasteiger partial charge < -0.3 is 4.74 Å². The van der Waals surface area contributed by atoms with Crippen LogP contribution in [0.25, 0.3) is 0 Å². The Morgan fingerprint density at radius 3 is 2.52 bits per heavy atom. The van der Waals surface area contributed by atoms with Crippen LogP contribution in [0.15, 0.2) is 47.6 Å². The SMILES string of the molecule is O=S(=O)(c1cc(F)cc(F)c1)N1CCC[C@@H](COc2ccncc2)C1. The molecule has 1 aromatic heterocycles. The highest BCUT2D eigenvalue weighted by molar-refractivity contribution is 7.89. The van der Waals surface area contributed by atoms with Crippen LogP contribution in [0.2, 0.25) is 0 Å². The number of rotatable bonds is 5. The second kappa shape index (κ2) is 7.45. The van der Waals surface area contributed by atoms with Gasteiger partial charge >= 0.3 is 0 Å². The van der Waals surface area contributed by atoms with E-state index in [1.54, 1.807) is 24.5 Å². The van der Waals surface area contributed by atoms with Crippen molar-refractivity contribution in [3.8, 4) is 5.75 Å². The third-order valence-corrected chi connectivity index (χ3v) is 5.93. The van der Waals surface area contributed by atoms with Gasteiger partial charge in [-0.1, -0.05) is 0 Å². The van der Waals surface area contributed by atoms with Crippen molar-refractivity contribution in [1.29, 1.82) is 0 Å². The highest BCUT2D eigenvalue weighted by Gasteiger charge is 2.31. The zero-order valence-corrected chi connectivity index (χ0v) is 14.3. The Hall–Kier alpha value is -2.06. The van der Waals surface area contributed by atoms with Crippen LogP contribution in [0.1, 0.15) is 12.8 Å².